The van der Waals surface area contributed by atoms with Gasteiger partial charge in [0.1, 0.15) is 0 Å². The van der Waals surface area contributed by atoms with Gasteiger partial charge in [0.15, 0.2) is 0 Å². The first-order valence-electron chi connectivity index (χ1n) is 3.27. The van der Waals surface area contributed by atoms with Gasteiger partial charge in [0, 0.05) is 14.7 Å². The molecule has 1 aromatic rings. The van der Waals surface area contributed by atoms with Gasteiger partial charge in [-0.1, -0.05) is 33.6 Å². The molecule has 1 heterocycles. The molecule has 0 fully saturated rings. The number of nitrogens with zero attached hydrogens (tertiary/aromatic N) is 1. The lowest BCUT2D eigenvalue weighted by Gasteiger charge is -1.91. The van der Waals surface area contributed by atoms with E-state index in [0.29, 0.717) is 0 Å². The fourth-order valence-corrected chi connectivity index (χ4v) is 2.10. The van der Waals surface area contributed by atoms with E-state index >= 15 is 0 Å². The average Bonchev–Trinajstić information content (AvgIpc) is 2.34. The Morgan fingerprint density at radius 2 is 2.27 bits per heavy atom. The summed E-state index contributed by atoms with van der Waals surface area (Å²) >= 11 is 9.25. The minimum atomic E-state index is 0.731. The zero-order valence-electron chi connectivity index (χ0n) is 5.64. The number of hydrogen-bond donors (Lipinski definition) is 0. The van der Waals surface area contributed by atoms with Crippen molar-refractivity contribution in [3.05, 3.63) is 32.2 Å². The second-order valence-corrected chi connectivity index (χ2v) is 3.66. The van der Waals surface area contributed by atoms with Crippen molar-refractivity contribution in [2.45, 2.75) is 0 Å². The smallest absolute Gasteiger partial charge is 0.0674 e. The van der Waals surface area contributed by atoms with Crippen molar-refractivity contribution in [3.63, 3.8) is 0 Å². The van der Waals surface area contributed by atoms with Crippen molar-refractivity contribution in [3.8, 4) is 0 Å². The molecule has 3 heteroatoms. The van der Waals surface area contributed by atoms with E-state index in [9.17, 15) is 0 Å². The maximum atomic E-state index is 5.82. The van der Waals surface area contributed by atoms with Gasteiger partial charge in [-0.3, -0.25) is 4.99 Å². The molecule has 1 nitrogen and oxygen atoms in total. The zero-order chi connectivity index (χ0) is 7.84. The highest BCUT2D eigenvalue weighted by Crippen LogP contribution is 2.10. The largest absolute Gasteiger partial charge is 0.280 e. The summed E-state index contributed by atoms with van der Waals surface area (Å²) in [5, 5.41) is 2.88. The lowest BCUT2D eigenvalue weighted by atomic mass is 10.3. The van der Waals surface area contributed by atoms with Crippen molar-refractivity contribution in [2.75, 3.05) is 6.54 Å². The summed E-state index contributed by atoms with van der Waals surface area (Å²) in [6.07, 6.45) is 2.08. The van der Waals surface area contributed by atoms with Crippen LogP contribution in [-0.2, 0) is 0 Å². The van der Waals surface area contributed by atoms with Gasteiger partial charge in [-0.25, -0.2) is 0 Å². The van der Waals surface area contributed by atoms with Gasteiger partial charge in [0.2, 0.25) is 0 Å². The Balaban J connectivity index is 2.93. The van der Waals surface area contributed by atoms with Crippen molar-refractivity contribution >= 4 is 33.6 Å². The third kappa shape index (κ3) is 1.21. The summed E-state index contributed by atoms with van der Waals surface area (Å²) in [5.41, 5.74) is 0. The van der Waals surface area contributed by atoms with E-state index in [4.69, 9.17) is 11.6 Å². The topological polar surface area (TPSA) is 12.4 Å². The molecule has 0 unspecified atom stereocenters. The van der Waals surface area contributed by atoms with Crippen LogP contribution in [0.25, 0.3) is 6.08 Å². The van der Waals surface area contributed by atoms with Crippen molar-refractivity contribution in [2.24, 2.45) is 4.99 Å². The molecule has 1 aromatic carbocycles. The minimum Gasteiger partial charge on any atom is -0.280 e. The number of rotatable bonds is 0. The number of halogens is 2. The molecule has 0 aliphatic carbocycles. The molecule has 0 N–H and O–H groups in total. The van der Waals surface area contributed by atoms with Gasteiger partial charge in [0.05, 0.1) is 11.9 Å². The van der Waals surface area contributed by atoms with Crippen LogP contribution in [0.2, 0.25) is 5.02 Å². The second-order valence-electron chi connectivity index (χ2n) is 2.37. The Kier molecular flexibility index (Phi) is 1.74. The van der Waals surface area contributed by atoms with Crippen LogP contribution >= 0.6 is 27.5 Å². The molecule has 2 rings (SSSR count). The standard InChI is InChI=1S/C8H5BrClN/c9-7-3-5(10)4-8-6(7)1-2-11-8/h1,3-4H,2H2. The molecule has 0 saturated carbocycles. The fraction of sp³-hybridized carbons (Fsp3) is 0.125. The van der Waals surface area contributed by atoms with E-state index in [1.165, 1.54) is 0 Å². The summed E-state index contributed by atoms with van der Waals surface area (Å²) in [5.74, 6) is 0. The SMILES string of the molecule is Clc1cc(Br)c2c(c1)=NCC=2. The van der Waals surface area contributed by atoms with Crippen LogP contribution in [0.15, 0.2) is 21.6 Å². The summed E-state index contributed by atoms with van der Waals surface area (Å²) in [7, 11) is 0. The summed E-state index contributed by atoms with van der Waals surface area (Å²) in [4.78, 5) is 4.25. The molecule has 1 aliphatic heterocycles. The van der Waals surface area contributed by atoms with E-state index in [2.05, 4.69) is 27.0 Å². The van der Waals surface area contributed by atoms with Crippen molar-refractivity contribution in [1.82, 2.24) is 0 Å². The van der Waals surface area contributed by atoms with Crippen LogP contribution in [0, 0.1) is 0 Å². The second kappa shape index (κ2) is 2.61. The molecule has 0 saturated heterocycles. The number of fused-ring (bicyclic) bond motifs is 1. The third-order valence-corrected chi connectivity index (χ3v) is 2.50. The lowest BCUT2D eigenvalue weighted by Crippen LogP contribution is -2.22. The zero-order valence-corrected chi connectivity index (χ0v) is 7.98. The van der Waals surface area contributed by atoms with E-state index in [1.54, 1.807) is 0 Å². The molecular weight excluding hydrogens is 225 g/mol. The molecule has 11 heavy (non-hydrogen) atoms. The molecule has 0 atom stereocenters. The van der Waals surface area contributed by atoms with E-state index in [-0.39, 0.29) is 0 Å². The summed E-state index contributed by atoms with van der Waals surface area (Å²) in [6, 6.07) is 3.77. The third-order valence-electron chi connectivity index (χ3n) is 1.63. The predicted molar refractivity (Wildman–Crippen MR) is 49.3 cm³/mol. The van der Waals surface area contributed by atoms with Crippen LogP contribution in [0.4, 0.5) is 0 Å². The quantitative estimate of drug-likeness (QED) is 0.641. The Labute approximate surface area is 77.5 Å². The highest BCUT2D eigenvalue weighted by atomic mass is 79.9. The highest BCUT2D eigenvalue weighted by Gasteiger charge is 2.00. The van der Waals surface area contributed by atoms with E-state index in [0.717, 1.165) is 26.6 Å². The Morgan fingerprint density at radius 1 is 1.45 bits per heavy atom. The van der Waals surface area contributed by atoms with Crippen molar-refractivity contribution < 1.29 is 0 Å². The minimum absolute atomic E-state index is 0.731. The Morgan fingerprint density at radius 3 is 3.09 bits per heavy atom. The first kappa shape index (κ1) is 7.32. The number of hydrogen-bond acceptors (Lipinski definition) is 1. The number of benzene rings is 1. The Bertz CT molecular complexity index is 411. The summed E-state index contributed by atoms with van der Waals surface area (Å²) < 4.78 is 1.03. The van der Waals surface area contributed by atoms with Crippen molar-refractivity contribution in [1.29, 1.82) is 0 Å². The lowest BCUT2D eigenvalue weighted by molar-refractivity contribution is 1.22. The maximum absolute atomic E-state index is 5.82. The van der Waals surface area contributed by atoms with Crippen LogP contribution in [0.1, 0.15) is 0 Å². The van der Waals surface area contributed by atoms with Gasteiger partial charge in [-0.2, -0.15) is 0 Å². The van der Waals surface area contributed by atoms with Gasteiger partial charge in [-0.15, -0.1) is 0 Å². The molecule has 0 aromatic heterocycles. The Hall–Kier alpha value is -0.340. The summed E-state index contributed by atoms with van der Waals surface area (Å²) in [6.45, 7) is 0.772. The van der Waals surface area contributed by atoms with Gasteiger partial charge in [-0.05, 0) is 12.1 Å². The van der Waals surface area contributed by atoms with E-state index in [1.807, 2.05) is 12.1 Å². The van der Waals surface area contributed by atoms with Gasteiger partial charge >= 0.3 is 0 Å². The molecule has 0 amide bonds. The van der Waals surface area contributed by atoms with E-state index < -0.39 is 0 Å². The first-order valence-corrected chi connectivity index (χ1v) is 4.44. The van der Waals surface area contributed by atoms with Crippen LogP contribution in [0.3, 0.4) is 0 Å². The molecule has 0 bridgehead atoms. The average molecular weight is 230 g/mol. The normalized spacial score (nSPS) is 13.6. The molecular formula is C8H5BrClN. The highest BCUT2D eigenvalue weighted by molar-refractivity contribution is 9.10. The van der Waals surface area contributed by atoms with Crippen LogP contribution < -0.4 is 10.6 Å². The van der Waals surface area contributed by atoms with Gasteiger partial charge < -0.3 is 0 Å². The molecule has 56 valence electrons. The fourth-order valence-electron chi connectivity index (χ4n) is 1.14. The van der Waals surface area contributed by atoms with Gasteiger partial charge in [0.25, 0.3) is 0 Å². The predicted octanol–water partition coefficient (Wildman–Crippen LogP) is 1.52. The van der Waals surface area contributed by atoms with Crippen LogP contribution in [-0.4, -0.2) is 6.54 Å². The molecule has 0 spiro atoms. The molecule has 1 aliphatic rings. The maximum Gasteiger partial charge on any atom is 0.0674 e. The first-order chi connectivity index (χ1) is 5.27. The monoisotopic (exact) mass is 229 g/mol. The molecule has 0 radical (unpaired) electrons. The van der Waals surface area contributed by atoms with Crippen LogP contribution in [0.5, 0.6) is 0 Å².